The number of fused-ring (bicyclic) bond motifs is 1. The maximum atomic E-state index is 12.5. The summed E-state index contributed by atoms with van der Waals surface area (Å²) in [6.07, 6.45) is -2.72. The Bertz CT molecular complexity index is 865. The molecule has 120 valence electrons. The van der Waals surface area contributed by atoms with E-state index < -0.39 is 11.7 Å². The van der Waals surface area contributed by atoms with Gasteiger partial charge >= 0.3 is 11.9 Å². The quantitative estimate of drug-likeness (QED) is 0.803. The van der Waals surface area contributed by atoms with Gasteiger partial charge in [0.25, 0.3) is 0 Å². The first-order valence-electron chi connectivity index (χ1n) is 6.90. The Morgan fingerprint density at radius 1 is 1.09 bits per heavy atom. The van der Waals surface area contributed by atoms with Gasteiger partial charge in [-0.15, -0.1) is 5.10 Å². The van der Waals surface area contributed by atoms with Crippen LogP contribution in [0.15, 0.2) is 53.5 Å². The third kappa shape index (κ3) is 3.20. The first-order chi connectivity index (χ1) is 10.9. The van der Waals surface area contributed by atoms with Crippen molar-refractivity contribution in [2.24, 2.45) is 0 Å². The van der Waals surface area contributed by atoms with E-state index >= 15 is 0 Å². The van der Waals surface area contributed by atoms with E-state index in [0.717, 1.165) is 12.1 Å². The summed E-state index contributed by atoms with van der Waals surface area (Å²) in [4.78, 5) is 12.0. The molecule has 0 aliphatic carbocycles. The van der Waals surface area contributed by atoms with Crippen LogP contribution in [0.25, 0.3) is 5.65 Å². The number of hydrogen-bond donors (Lipinski definition) is 1. The fourth-order valence-corrected chi connectivity index (χ4v) is 2.20. The summed E-state index contributed by atoms with van der Waals surface area (Å²) in [5, 5.41) is 7.14. The van der Waals surface area contributed by atoms with Crippen molar-refractivity contribution in [2.75, 3.05) is 11.9 Å². The third-order valence-electron chi connectivity index (χ3n) is 3.35. The number of benzene rings is 1. The van der Waals surface area contributed by atoms with Crippen LogP contribution in [0.2, 0.25) is 0 Å². The molecule has 8 heteroatoms. The highest BCUT2D eigenvalue weighted by Gasteiger charge is 2.29. The van der Waals surface area contributed by atoms with Gasteiger partial charge in [0, 0.05) is 18.4 Å². The van der Waals surface area contributed by atoms with Crippen LogP contribution < -0.4 is 11.0 Å². The normalized spacial score (nSPS) is 11.8. The molecular weight excluding hydrogens is 309 g/mol. The van der Waals surface area contributed by atoms with Gasteiger partial charge in [0.1, 0.15) is 0 Å². The molecule has 3 aromatic rings. The lowest BCUT2D eigenvalue weighted by Gasteiger charge is -2.09. The van der Waals surface area contributed by atoms with Gasteiger partial charge in [-0.25, -0.2) is 9.48 Å². The smallest absolute Gasteiger partial charge is 0.383 e. The van der Waals surface area contributed by atoms with E-state index in [9.17, 15) is 18.0 Å². The van der Waals surface area contributed by atoms with E-state index in [1.807, 2.05) is 0 Å². The van der Waals surface area contributed by atoms with E-state index in [-0.39, 0.29) is 5.69 Å². The molecule has 5 nitrogen and oxygen atoms in total. The standard InChI is InChI=1S/C15H13F3N4O/c16-15(17,18)11-4-6-12(7-5-11)19-8-10-22-14(23)21-9-2-1-3-13(21)20-22/h1-7,9,19H,8,10H2. The number of aromatic nitrogens is 3. The number of hydrogen-bond acceptors (Lipinski definition) is 3. The molecule has 0 amide bonds. The van der Waals surface area contributed by atoms with E-state index in [4.69, 9.17) is 0 Å². The summed E-state index contributed by atoms with van der Waals surface area (Å²) in [5.74, 6) is 0. The van der Waals surface area contributed by atoms with Gasteiger partial charge in [0.15, 0.2) is 5.65 Å². The Hall–Kier alpha value is -2.77. The van der Waals surface area contributed by atoms with Crippen LogP contribution in [0.4, 0.5) is 18.9 Å². The molecule has 0 aliphatic heterocycles. The van der Waals surface area contributed by atoms with Crippen molar-refractivity contribution in [3.8, 4) is 0 Å². The molecule has 2 heterocycles. The van der Waals surface area contributed by atoms with Crippen molar-refractivity contribution in [3.63, 3.8) is 0 Å². The lowest BCUT2D eigenvalue weighted by molar-refractivity contribution is -0.137. The molecule has 0 fully saturated rings. The molecule has 3 rings (SSSR count). The fraction of sp³-hybridized carbons (Fsp3) is 0.200. The van der Waals surface area contributed by atoms with Crippen molar-refractivity contribution in [1.29, 1.82) is 0 Å². The highest BCUT2D eigenvalue weighted by molar-refractivity contribution is 5.45. The van der Waals surface area contributed by atoms with Crippen LogP contribution in [-0.4, -0.2) is 20.7 Å². The number of pyridine rings is 1. The van der Waals surface area contributed by atoms with Crippen LogP contribution in [0.5, 0.6) is 0 Å². The fourth-order valence-electron chi connectivity index (χ4n) is 2.20. The van der Waals surface area contributed by atoms with Crippen LogP contribution in [0, 0.1) is 0 Å². The minimum Gasteiger partial charge on any atom is -0.383 e. The zero-order valence-electron chi connectivity index (χ0n) is 11.9. The van der Waals surface area contributed by atoms with Crippen LogP contribution >= 0.6 is 0 Å². The summed E-state index contributed by atoms with van der Waals surface area (Å²) in [7, 11) is 0. The van der Waals surface area contributed by atoms with Gasteiger partial charge in [0.2, 0.25) is 0 Å². The average Bonchev–Trinajstić information content (AvgIpc) is 2.84. The summed E-state index contributed by atoms with van der Waals surface area (Å²) in [6, 6.07) is 9.98. The SMILES string of the molecule is O=c1n(CCNc2ccc(C(F)(F)F)cc2)nc2ccccn12. The number of alkyl halides is 3. The van der Waals surface area contributed by atoms with Crippen LogP contribution in [0.3, 0.4) is 0 Å². The Labute approximate surface area is 129 Å². The third-order valence-corrected chi connectivity index (χ3v) is 3.35. The number of nitrogens with zero attached hydrogens (tertiary/aromatic N) is 3. The molecule has 0 saturated carbocycles. The predicted molar refractivity (Wildman–Crippen MR) is 79.4 cm³/mol. The largest absolute Gasteiger partial charge is 0.416 e. The monoisotopic (exact) mass is 322 g/mol. The van der Waals surface area contributed by atoms with Gasteiger partial charge < -0.3 is 5.32 Å². The van der Waals surface area contributed by atoms with Crippen molar-refractivity contribution >= 4 is 11.3 Å². The lowest BCUT2D eigenvalue weighted by Crippen LogP contribution is -2.24. The summed E-state index contributed by atoms with van der Waals surface area (Å²) < 4.78 is 40.1. The maximum Gasteiger partial charge on any atom is 0.416 e. The summed E-state index contributed by atoms with van der Waals surface area (Å²) in [6.45, 7) is 0.677. The van der Waals surface area contributed by atoms with E-state index in [1.165, 1.54) is 21.2 Å². The van der Waals surface area contributed by atoms with Crippen LogP contribution in [0.1, 0.15) is 5.56 Å². The van der Waals surface area contributed by atoms with Crippen molar-refractivity contribution in [1.82, 2.24) is 14.2 Å². The maximum absolute atomic E-state index is 12.5. The summed E-state index contributed by atoms with van der Waals surface area (Å²) in [5.41, 5.74) is 0.149. The topological polar surface area (TPSA) is 51.3 Å². The molecule has 0 radical (unpaired) electrons. The highest BCUT2D eigenvalue weighted by atomic mass is 19.4. The minimum absolute atomic E-state index is 0.255. The Balaban J connectivity index is 1.65. The number of anilines is 1. The van der Waals surface area contributed by atoms with Crippen LogP contribution in [-0.2, 0) is 12.7 Å². The second-order valence-electron chi connectivity index (χ2n) is 4.94. The molecule has 0 spiro atoms. The first-order valence-corrected chi connectivity index (χ1v) is 6.90. The van der Waals surface area contributed by atoms with E-state index in [1.54, 1.807) is 24.4 Å². The van der Waals surface area contributed by atoms with Gasteiger partial charge in [-0.2, -0.15) is 13.2 Å². The van der Waals surface area contributed by atoms with Gasteiger partial charge in [-0.05, 0) is 36.4 Å². The Morgan fingerprint density at radius 3 is 2.48 bits per heavy atom. The Kier molecular flexibility index (Phi) is 3.81. The second kappa shape index (κ2) is 5.79. The average molecular weight is 322 g/mol. The molecule has 0 saturated heterocycles. The van der Waals surface area contributed by atoms with Crippen molar-refractivity contribution in [3.05, 3.63) is 64.7 Å². The van der Waals surface area contributed by atoms with Gasteiger partial charge in [0.05, 0.1) is 12.1 Å². The molecule has 0 bridgehead atoms. The highest BCUT2D eigenvalue weighted by Crippen LogP contribution is 2.29. The molecule has 0 unspecified atom stereocenters. The minimum atomic E-state index is -4.34. The summed E-state index contributed by atoms with van der Waals surface area (Å²) >= 11 is 0. The van der Waals surface area contributed by atoms with Gasteiger partial charge in [-0.1, -0.05) is 6.07 Å². The predicted octanol–water partition coefficient (Wildman–Crippen LogP) is 2.63. The van der Waals surface area contributed by atoms with Gasteiger partial charge in [-0.3, -0.25) is 4.40 Å². The molecule has 0 atom stereocenters. The molecule has 23 heavy (non-hydrogen) atoms. The number of rotatable bonds is 4. The molecule has 1 aromatic carbocycles. The first kappa shape index (κ1) is 15.1. The van der Waals surface area contributed by atoms with Crippen molar-refractivity contribution in [2.45, 2.75) is 12.7 Å². The Morgan fingerprint density at radius 2 is 1.83 bits per heavy atom. The molecule has 1 N–H and O–H groups in total. The lowest BCUT2D eigenvalue weighted by atomic mass is 10.2. The van der Waals surface area contributed by atoms with Crippen molar-refractivity contribution < 1.29 is 13.2 Å². The molecule has 2 aromatic heterocycles. The molecule has 0 aliphatic rings. The second-order valence-corrected chi connectivity index (χ2v) is 4.94. The van der Waals surface area contributed by atoms with E-state index in [2.05, 4.69) is 10.4 Å². The van der Waals surface area contributed by atoms with E-state index in [0.29, 0.717) is 24.4 Å². The zero-order valence-corrected chi connectivity index (χ0v) is 11.9. The zero-order chi connectivity index (χ0) is 16.4. The molecular formula is C15H13F3N4O. The number of halogens is 3. The number of nitrogens with one attached hydrogen (secondary N) is 1.